The molecular formula is C32H21ClN2O. The Labute approximate surface area is 213 Å². The average molecular weight is 485 g/mol. The number of hydrogen-bond acceptors (Lipinski definition) is 3. The first-order valence-electron chi connectivity index (χ1n) is 12.1. The van der Waals surface area contributed by atoms with Crippen molar-refractivity contribution < 1.29 is 4.42 Å². The number of hydrogen-bond donors (Lipinski definition) is 0. The molecule has 4 aromatic carbocycles. The summed E-state index contributed by atoms with van der Waals surface area (Å²) in [4.78, 5) is 9.12. The number of fused-ring (bicyclic) bond motifs is 4. The molecule has 2 heterocycles. The second-order valence-corrected chi connectivity index (χ2v) is 9.37. The van der Waals surface area contributed by atoms with Gasteiger partial charge in [0.15, 0.2) is 0 Å². The molecule has 4 heteroatoms. The molecular weight excluding hydrogens is 464 g/mol. The third-order valence-electron chi connectivity index (χ3n) is 6.88. The van der Waals surface area contributed by atoms with Gasteiger partial charge in [-0.25, -0.2) is 9.97 Å². The summed E-state index contributed by atoms with van der Waals surface area (Å²) in [5.74, 6) is 0. The van der Waals surface area contributed by atoms with Gasteiger partial charge in [0.2, 0.25) is 5.28 Å². The molecule has 6 aromatic rings. The van der Waals surface area contributed by atoms with Gasteiger partial charge in [0.25, 0.3) is 0 Å². The summed E-state index contributed by atoms with van der Waals surface area (Å²) in [6, 6.07) is 29.3. The van der Waals surface area contributed by atoms with Crippen molar-refractivity contribution in [2.75, 3.05) is 0 Å². The van der Waals surface area contributed by atoms with Crippen molar-refractivity contribution in [1.29, 1.82) is 0 Å². The van der Waals surface area contributed by atoms with Crippen LogP contribution < -0.4 is 0 Å². The van der Waals surface area contributed by atoms with E-state index >= 15 is 0 Å². The number of benzene rings is 4. The van der Waals surface area contributed by atoms with E-state index < -0.39 is 0 Å². The van der Waals surface area contributed by atoms with E-state index in [4.69, 9.17) is 16.0 Å². The lowest BCUT2D eigenvalue weighted by atomic mass is 9.92. The van der Waals surface area contributed by atoms with E-state index in [9.17, 15) is 0 Å². The van der Waals surface area contributed by atoms with Gasteiger partial charge < -0.3 is 4.42 Å². The van der Waals surface area contributed by atoms with E-state index in [0.717, 1.165) is 79.2 Å². The largest absolute Gasteiger partial charge is 0.455 e. The smallest absolute Gasteiger partial charge is 0.223 e. The molecule has 36 heavy (non-hydrogen) atoms. The maximum absolute atomic E-state index is 6.42. The van der Waals surface area contributed by atoms with Crippen LogP contribution in [0.5, 0.6) is 0 Å². The van der Waals surface area contributed by atoms with Gasteiger partial charge >= 0.3 is 0 Å². The monoisotopic (exact) mass is 484 g/mol. The quantitative estimate of drug-likeness (QED) is 0.235. The average Bonchev–Trinajstić information content (AvgIpc) is 3.32. The molecule has 0 spiro atoms. The number of furan rings is 1. The topological polar surface area (TPSA) is 38.9 Å². The zero-order valence-electron chi connectivity index (χ0n) is 19.4. The molecule has 0 aliphatic heterocycles. The lowest BCUT2D eigenvalue weighted by Gasteiger charge is -2.13. The Balaban J connectivity index is 1.44. The van der Waals surface area contributed by atoms with Gasteiger partial charge in [0.1, 0.15) is 11.2 Å². The van der Waals surface area contributed by atoms with Crippen LogP contribution in [0.15, 0.2) is 108 Å². The number of nitrogens with zero attached hydrogens (tertiary/aromatic N) is 2. The molecule has 7 rings (SSSR count). The maximum Gasteiger partial charge on any atom is 0.223 e. The minimum absolute atomic E-state index is 0.252. The van der Waals surface area contributed by atoms with Crippen LogP contribution in [0.2, 0.25) is 5.28 Å². The third-order valence-corrected chi connectivity index (χ3v) is 7.05. The Morgan fingerprint density at radius 2 is 1.36 bits per heavy atom. The van der Waals surface area contributed by atoms with Crippen LogP contribution in [0.3, 0.4) is 0 Å². The third kappa shape index (κ3) is 3.43. The summed E-state index contributed by atoms with van der Waals surface area (Å²) in [6.07, 6.45) is 8.56. The molecule has 0 amide bonds. The molecule has 172 valence electrons. The fraction of sp³-hybridized carbons (Fsp3) is 0.0625. The van der Waals surface area contributed by atoms with Gasteiger partial charge in [-0.05, 0) is 58.5 Å². The molecule has 0 N–H and O–H groups in total. The number of halogens is 1. The number of aromatic nitrogens is 2. The van der Waals surface area contributed by atoms with E-state index in [-0.39, 0.29) is 5.28 Å². The predicted molar refractivity (Wildman–Crippen MR) is 149 cm³/mol. The Hall–Kier alpha value is -4.21. The predicted octanol–water partition coefficient (Wildman–Crippen LogP) is 9.25. The lowest BCUT2D eigenvalue weighted by molar-refractivity contribution is 0.670. The Bertz CT molecular complexity index is 1860. The molecule has 0 fully saturated rings. The standard InChI is InChI=1S/C32H21ClN2O/c33-32-34-28(20-9-2-1-3-10-20)19-29(35-32)24-18-17-23(21-11-4-5-12-22(21)24)26-14-8-15-27-25-13-6-7-16-30(25)36-31(26)27/h2,4-19H,1,3H2. The number of allylic oxidation sites excluding steroid dienone is 4. The molecule has 0 bridgehead atoms. The van der Waals surface area contributed by atoms with Crippen LogP contribution in [0.25, 0.3) is 60.7 Å². The number of para-hydroxylation sites is 2. The molecule has 2 aromatic heterocycles. The van der Waals surface area contributed by atoms with Gasteiger partial charge in [-0.1, -0.05) is 91.0 Å². The van der Waals surface area contributed by atoms with E-state index in [2.05, 4.69) is 94.9 Å². The number of rotatable bonds is 3. The van der Waals surface area contributed by atoms with Crippen LogP contribution in [0.4, 0.5) is 0 Å². The molecule has 0 radical (unpaired) electrons. The Morgan fingerprint density at radius 3 is 2.19 bits per heavy atom. The molecule has 0 saturated heterocycles. The lowest BCUT2D eigenvalue weighted by Crippen LogP contribution is -1.96. The van der Waals surface area contributed by atoms with Crippen LogP contribution in [0.1, 0.15) is 18.5 Å². The van der Waals surface area contributed by atoms with Gasteiger partial charge in [-0.2, -0.15) is 0 Å². The first kappa shape index (κ1) is 21.1. The Morgan fingerprint density at radius 1 is 0.639 bits per heavy atom. The van der Waals surface area contributed by atoms with Crippen molar-refractivity contribution >= 4 is 49.9 Å². The highest BCUT2D eigenvalue weighted by molar-refractivity contribution is 6.28. The summed E-state index contributed by atoms with van der Waals surface area (Å²) in [5, 5.41) is 4.75. The molecule has 0 atom stereocenters. The summed E-state index contributed by atoms with van der Waals surface area (Å²) in [6.45, 7) is 0. The van der Waals surface area contributed by atoms with Gasteiger partial charge in [0.05, 0.1) is 11.4 Å². The van der Waals surface area contributed by atoms with Gasteiger partial charge in [-0.15, -0.1) is 0 Å². The zero-order valence-corrected chi connectivity index (χ0v) is 20.2. The van der Waals surface area contributed by atoms with Crippen molar-refractivity contribution in [1.82, 2.24) is 9.97 Å². The highest BCUT2D eigenvalue weighted by Crippen LogP contribution is 2.41. The van der Waals surface area contributed by atoms with Crippen molar-refractivity contribution in [2.24, 2.45) is 0 Å². The first-order valence-corrected chi connectivity index (χ1v) is 12.5. The fourth-order valence-corrected chi connectivity index (χ4v) is 5.41. The molecule has 0 unspecified atom stereocenters. The molecule has 0 saturated carbocycles. The zero-order chi connectivity index (χ0) is 24.1. The maximum atomic E-state index is 6.42. The summed E-state index contributed by atoms with van der Waals surface area (Å²) in [5.41, 5.74) is 7.77. The summed E-state index contributed by atoms with van der Waals surface area (Å²) < 4.78 is 6.35. The van der Waals surface area contributed by atoms with E-state index in [1.807, 2.05) is 18.2 Å². The second kappa shape index (κ2) is 8.47. The highest BCUT2D eigenvalue weighted by atomic mass is 35.5. The van der Waals surface area contributed by atoms with Gasteiger partial charge in [-0.3, -0.25) is 0 Å². The van der Waals surface area contributed by atoms with Crippen LogP contribution in [0, 0.1) is 0 Å². The highest BCUT2D eigenvalue weighted by Gasteiger charge is 2.17. The Kier molecular flexibility index (Phi) is 4.97. The summed E-state index contributed by atoms with van der Waals surface area (Å²) in [7, 11) is 0. The SMILES string of the molecule is Clc1nc(C2=CCCC=C2)cc(-c2ccc(-c3cccc4c3oc3ccccc34)c3ccccc23)n1. The summed E-state index contributed by atoms with van der Waals surface area (Å²) >= 11 is 6.42. The van der Waals surface area contributed by atoms with Crippen LogP contribution in [-0.2, 0) is 0 Å². The molecule has 1 aliphatic carbocycles. The fourth-order valence-electron chi connectivity index (χ4n) is 5.22. The van der Waals surface area contributed by atoms with Gasteiger partial charge in [0, 0.05) is 21.9 Å². The van der Waals surface area contributed by atoms with Crippen molar-refractivity contribution in [3.8, 4) is 22.4 Å². The molecule has 1 aliphatic rings. The normalized spacial score (nSPS) is 13.5. The van der Waals surface area contributed by atoms with E-state index in [1.54, 1.807) is 0 Å². The minimum Gasteiger partial charge on any atom is -0.455 e. The van der Waals surface area contributed by atoms with E-state index in [0.29, 0.717) is 0 Å². The van der Waals surface area contributed by atoms with Crippen molar-refractivity contribution in [3.05, 3.63) is 114 Å². The first-order chi connectivity index (χ1) is 17.8. The second-order valence-electron chi connectivity index (χ2n) is 9.03. The van der Waals surface area contributed by atoms with Crippen LogP contribution in [-0.4, -0.2) is 9.97 Å². The van der Waals surface area contributed by atoms with Crippen LogP contribution >= 0.6 is 11.6 Å². The minimum atomic E-state index is 0.252. The van der Waals surface area contributed by atoms with Crippen molar-refractivity contribution in [3.63, 3.8) is 0 Å². The van der Waals surface area contributed by atoms with E-state index in [1.165, 1.54) is 0 Å². The van der Waals surface area contributed by atoms with Crippen molar-refractivity contribution in [2.45, 2.75) is 12.8 Å². The molecule has 3 nitrogen and oxygen atoms in total.